The number of rotatable bonds is 6. The van der Waals surface area contributed by atoms with E-state index in [1.807, 2.05) is 6.20 Å². The van der Waals surface area contributed by atoms with Crippen LogP contribution in [0.5, 0.6) is 0 Å². The number of benzene rings is 1. The van der Waals surface area contributed by atoms with Gasteiger partial charge < -0.3 is 15.6 Å². The van der Waals surface area contributed by atoms with Crippen molar-refractivity contribution in [2.24, 2.45) is 4.99 Å². The standard InChI is InChI=1S/C18H23N5S/c1-3-19-18(23-12-17-22-10-13(2)24-17)20-9-8-14-11-21-16-7-5-4-6-15(14)16/h4-7,10-11,21H,3,8-9,12H2,1-2H3,(H2,19,20,23). The van der Waals surface area contributed by atoms with Crippen LogP contribution in [0.15, 0.2) is 41.7 Å². The topological polar surface area (TPSA) is 65.1 Å². The summed E-state index contributed by atoms with van der Waals surface area (Å²) in [5.41, 5.74) is 2.51. The smallest absolute Gasteiger partial charge is 0.191 e. The zero-order chi connectivity index (χ0) is 16.8. The Balaban J connectivity index is 1.57. The monoisotopic (exact) mass is 341 g/mol. The highest BCUT2D eigenvalue weighted by molar-refractivity contribution is 7.11. The summed E-state index contributed by atoms with van der Waals surface area (Å²) in [6, 6.07) is 8.39. The van der Waals surface area contributed by atoms with E-state index in [4.69, 9.17) is 0 Å². The average Bonchev–Trinajstić information content (AvgIpc) is 3.19. The van der Waals surface area contributed by atoms with Crippen molar-refractivity contribution in [3.63, 3.8) is 0 Å². The van der Waals surface area contributed by atoms with Gasteiger partial charge in [-0.15, -0.1) is 11.3 Å². The van der Waals surface area contributed by atoms with Gasteiger partial charge in [-0.1, -0.05) is 18.2 Å². The summed E-state index contributed by atoms with van der Waals surface area (Å²) in [5, 5.41) is 9.02. The predicted molar refractivity (Wildman–Crippen MR) is 102 cm³/mol. The van der Waals surface area contributed by atoms with Crippen LogP contribution < -0.4 is 10.6 Å². The van der Waals surface area contributed by atoms with Crippen LogP contribution in [0.3, 0.4) is 0 Å². The van der Waals surface area contributed by atoms with E-state index in [1.54, 1.807) is 11.3 Å². The number of aromatic nitrogens is 2. The molecular formula is C18H23N5S. The van der Waals surface area contributed by atoms with E-state index in [2.05, 4.69) is 69.9 Å². The number of hydrogen-bond donors (Lipinski definition) is 3. The highest BCUT2D eigenvalue weighted by Gasteiger charge is 2.04. The molecule has 0 aliphatic rings. The number of nitrogens with zero attached hydrogens (tertiary/aromatic N) is 2. The number of para-hydroxylation sites is 1. The Kier molecular flexibility index (Phi) is 5.48. The molecule has 0 atom stereocenters. The molecule has 0 bridgehead atoms. The van der Waals surface area contributed by atoms with Crippen LogP contribution in [0.25, 0.3) is 10.9 Å². The van der Waals surface area contributed by atoms with Crippen LogP contribution in [-0.2, 0) is 13.0 Å². The van der Waals surface area contributed by atoms with Crippen LogP contribution in [0, 0.1) is 6.92 Å². The largest absolute Gasteiger partial charge is 0.361 e. The summed E-state index contributed by atoms with van der Waals surface area (Å²) < 4.78 is 0. The predicted octanol–water partition coefficient (Wildman–Crippen LogP) is 3.23. The molecule has 0 saturated carbocycles. The van der Waals surface area contributed by atoms with Gasteiger partial charge in [0.05, 0.1) is 6.54 Å². The molecule has 24 heavy (non-hydrogen) atoms. The zero-order valence-corrected chi connectivity index (χ0v) is 14.9. The van der Waals surface area contributed by atoms with Gasteiger partial charge in [0, 0.05) is 41.3 Å². The Morgan fingerprint density at radius 2 is 2.17 bits per heavy atom. The summed E-state index contributed by atoms with van der Waals surface area (Å²) in [5.74, 6) is 0.838. The van der Waals surface area contributed by atoms with E-state index in [-0.39, 0.29) is 0 Å². The Labute approximate surface area is 146 Å². The van der Waals surface area contributed by atoms with Crippen LogP contribution in [-0.4, -0.2) is 29.0 Å². The molecule has 5 nitrogen and oxygen atoms in total. The van der Waals surface area contributed by atoms with E-state index in [0.717, 1.165) is 30.5 Å². The number of fused-ring (bicyclic) bond motifs is 1. The van der Waals surface area contributed by atoms with Gasteiger partial charge in [0.15, 0.2) is 5.96 Å². The molecule has 1 aromatic carbocycles. The van der Waals surface area contributed by atoms with E-state index in [1.165, 1.54) is 21.3 Å². The molecule has 6 heteroatoms. The lowest BCUT2D eigenvalue weighted by Crippen LogP contribution is -2.38. The molecule has 126 valence electrons. The molecule has 0 unspecified atom stereocenters. The van der Waals surface area contributed by atoms with Crippen LogP contribution in [0.1, 0.15) is 22.4 Å². The number of aryl methyl sites for hydroxylation is 1. The van der Waals surface area contributed by atoms with E-state index in [9.17, 15) is 0 Å². The van der Waals surface area contributed by atoms with Crippen molar-refractivity contribution in [1.29, 1.82) is 0 Å². The van der Waals surface area contributed by atoms with Crippen molar-refractivity contribution in [3.05, 3.63) is 52.1 Å². The third kappa shape index (κ3) is 4.14. The number of hydrogen-bond acceptors (Lipinski definition) is 3. The van der Waals surface area contributed by atoms with E-state index >= 15 is 0 Å². The van der Waals surface area contributed by atoms with E-state index in [0.29, 0.717) is 6.54 Å². The summed E-state index contributed by atoms with van der Waals surface area (Å²) in [6.07, 6.45) is 4.94. The molecular weight excluding hydrogens is 318 g/mol. The van der Waals surface area contributed by atoms with Gasteiger partial charge in [0.1, 0.15) is 5.01 Å². The van der Waals surface area contributed by atoms with Gasteiger partial charge >= 0.3 is 0 Å². The Morgan fingerprint density at radius 1 is 1.29 bits per heavy atom. The average molecular weight is 341 g/mol. The summed E-state index contributed by atoms with van der Waals surface area (Å²) in [7, 11) is 0. The maximum Gasteiger partial charge on any atom is 0.191 e. The van der Waals surface area contributed by atoms with Gasteiger partial charge in [-0.2, -0.15) is 0 Å². The van der Waals surface area contributed by atoms with Gasteiger partial charge in [-0.25, -0.2) is 9.98 Å². The minimum absolute atomic E-state index is 0.612. The number of nitrogens with one attached hydrogen (secondary N) is 3. The first kappa shape index (κ1) is 16.5. The first-order valence-electron chi connectivity index (χ1n) is 8.24. The lowest BCUT2D eigenvalue weighted by Gasteiger charge is -2.10. The van der Waals surface area contributed by atoms with Gasteiger partial charge in [-0.3, -0.25) is 0 Å². The highest BCUT2D eigenvalue weighted by atomic mass is 32.1. The molecule has 3 rings (SSSR count). The number of guanidine groups is 1. The molecule has 0 spiro atoms. The third-order valence-electron chi connectivity index (χ3n) is 3.75. The van der Waals surface area contributed by atoms with Crippen molar-refractivity contribution in [2.75, 3.05) is 13.1 Å². The summed E-state index contributed by atoms with van der Waals surface area (Å²) in [4.78, 5) is 13.5. The molecule has 2 heterocycles. The number of H-pyrrole nitrogens is 1. The van der Waals surface area contributed by atoms with E-state index < -0.39 is 0 Å². The van der Waals surface area contributed by atoms with Crippen molar-refractivity contribution < 1.29 is 0 Å². The third-order valence-corrected chi connectivity index (χ3v) is 4.65. The fourth-order valence-corrected chi connectivity index (χ4v) is 3.33. The van der Waals surface area contributed by atoms with Gasteiger partial charge in [0.2, 0.25) is 0 Å². The highest BCUT2D eigenvalue weighted by Crippen LogP contribution is 2.17. The quantitative estimate of drug-likeness (QED) is 0.476. The molecule has 0 aliphatic heterocycles. The van der Waals surface area contributed by atoms with Crippen molar-refractivity contribution in [2.45, 2.75) is 26.8 Å². The fourth-order valence-electron chi connectivity index (χ4n) is 2.62. The van der Waals surface area contributed by atoms with Crippen molar-refractivity contribution >= 4 is 28.2 Å². The minimum atomic E-state index is 0.612. The number of thiazole rings is 1. The SMILES string of the molecule is CCNC(=NCc1ncc(C)s1)NCCc1c[nH]c2ccccc12. The minimum Gasteiger partial charge on any atom is -0.361 e. The second kappa shape index (κ2) is 7.97. The molecule has 0 saturated heterocycles. The van der Waals surface area contributed by atoms with Crippen molar-refractivity contribution in [1.82, 2.24) is 20.6 Å². The fraction of sp³-hybridized carbons (Fsp3) is 0.333. The molecule has 0 fully saturated rings. The lowest BCUT2D eigenvalue weighted by molar-refractivity contribution is 0.801. The summed E-state index contributed by atoms with van der Waals surface area (Å²) >= 11 is 1.69. The number of aliphatic imine (C=N–C) groups is 1. The second-order valence-electron chi connectivity index (χ2n) is 5.60. The number of aromatic amines is 1. The molecule has 3 aromatic rings. The zero-order valence-electron chi connectivity index (χ0n) is 14.1. The Hall–Kier alpha value is -2.34. The lowest BCUT2D eigenvalue weighted by atomic mass is 10.1. The van der Waals surface area contributed by atoms with Crippen LogP contribution in [0.2, 0.25) is 0 Å². The van der Waals surface area contributed by atoms with Crippen molar-refractivity contribution in [3.8, 4) is 0 Å². The Bertz CT molecular complexity index is 818. The normalized spacial score (nSPS) is 11.8. The second-order valence-corrected chi connectivity index (χ2v) is 6.92. The molecule has 0 aliphatic carbocycles. The molecule has 0 amide bonds. The van der Waals surface area contributed by atoms with Crippen LogP contribution >= 0.6 is 11.3 Å². The first-order chi connectivity index (χ1) is 11.8. The van der Waals surface area contributed by atoms with Gasteiger partial charge in [-0.05, 0) is 31.9 Å². The van der Waals surface area contributed by atoms with Crippen LogP contribution in [0.4, 0.5) is 0 Å². The molecule has 2 aromatic heterocycles. The molecule has 0 radical (unpaired) electrons. The maximum absolute atomic E-state index is 4.61. The maximum atomic E-state index is 4.61. The molecule has 3 N–H and O–H groups in total. The summed E-state index contributed by atoms with van der Waals surface area (Å²) in [6.45, 7) is 6.43. The first-order valence-corrected chi connectivity index (χ1v) is 9.06. The van der Waals surface area contributed by atoms with Gasteiger partial charge in [0.25, 0.3) is 0 Å². The Morgan fingerprint density at radius 3 is 2.96 bits per heavy atom.